The van der Waals surface area contributed by atoms with Crippen LogP contribution in [-0.4, -0.2) is 25.7 Å². The van der Waals surface area contributed by atoms with Crippen molar-refractivity contribution in [3.8, 4) is 11.5 Å². The van der Waals surface area contributed by atoms with Crippen LogP contribution in [0.2, 0.25) is 10.0 Å². The first kappa shape index (κ1) is 17.2. The molecule has 1 heterocycles. The Hall–Kier alpha value is -1.63. The van der Waals surface area contributed by atoms with Crippen molar-refractivity contribution in [2.75, 3.05) is 30.4 Å². The molecule has 0 atom stereocenters. The highest BCUT2D eigenvalue weighted by Gasteiger charge is 2.16. The fourth-order valence-electron chi connectivity index (χ4n) is 2.16. The van der Waals surface area contributed by atoms with Gasteiger partial charge in [-0.25, -0.2) is 0 Å². The van der Waals surface area contributed by atoms with Crippen molar-refractivity contribution in [2.45, 2.75) is 0 Å². The standard InChI is InChI=1S/C16H13BrCl2N2O3/c17-9-1-2-12(10(18)5-9)20-8-16(22)21-13-7-15-14(6-11(13)19)23-3-4-24-15/h1-2,5-7,20H,3-4,8H2,(H,21,22). The highest BCUT2D eigenvalue weighted by molar-refractivity contribution is 9.10. The Morgan fingerprint density at radius 3 is 2.42 bits per heavy atom. The molecule has 2 aromatic rings. The molecule has 1 aliphatic rings. The molecule has 1 aliphatic heterocycles. The largest absolute Gasteiger partial charge is 0.486 e. The number of nitrogens with one attached hydrogen (secondary N) is 2. The topological polar surface area (TPSA) is 59.6 Å². The van der Waals surface area contributed by atoms with Gasteiger partial charge in [0.25, 0.3) is 0 Å². The lowest BCUT2D eigenvalue weighted by atomic mass is 10.2. The van der Waals surface area contributed by atoms with Gasteiger partial charge in [-0.3, -0.25) is 4.79 Å². The second-order valence-electron chi connectivity index (χ2n) is 5.00. The predicted octanol–water partition coefficient (Wildman–Crippen LogP) is 4.58. The van der Waals surface area contributed by atoms with Crippen molar-refractivity contribution in [1.29, 1.82) is 0 Å². The maximum Gasteiger partial charge on any atom is 0.243 e. The van der Waals surface area contributed by atoms with Crippen LogP contribution in [0.25, 0.3) is 0 Å². The summed E-state index contributed by atoms with van der Waals surface area (Å²) in [7, 11) is 0. The van der Waals surface area contributed by atoms with Gasteiger partial charge in [-0.2, -0.15) is 0 Å². The summed E-state index contributed by atoms with van der Waals surface area (Å²) >= 11 is 15.6. The van der Waals surface area contributed by atoms with E-state index in [0.29, 0.717) is 46.1 Å². The zero-order valence-corrected chi connectivity index (χ0v) is 15.5. The van der Waals surface area contributed by atoms with E-state index in [-0.39, 0.29) is 12.5 Å². The van der Waals surface area contributed by atoms with Crippen LogP contribution in [-0.2, 0) is 4.79 Å². The Morgan fingerprint density at radius 1 is 1.04 bits per heavy atom. The van der Waals surface area contributed by atoms with E-state index < -0.39 is 0 Å². The minimum atomic E-state index is -0.257. The smallest absolute Gasteiger partial charge is 0.243 e. The van der Waals surface area contributed by atoms with Gasteiger partial charge in [0, 0.05) is 16.6 Å². The summed E-state index contributed by atoms with van der Waals surface area (Å²) in [6.07, 6.45) is 0. The van der Waals surface area contributed by atoms with Gasteiger partial charge in [0.05, 0.1) is 28.0 Å². The van der Waals surface area contributed by atoms with Crippen molar-refractivity contribution in [3.05, 3.63) is 44.8 Å². The molecule has 8 heteroatoms. The fourth-order valence-corrected chi connectivity index (χ4v) is 3.10. The molecule has 0 bridgehead atoms. The van der Waals surface area contributed by atoms with Gasteiger partial charge >= 0.3 is 0 Å². The maximum absolute atomic E-state index is 12.1. The lowest BCUT2D eigenvalue weighted by Crippen LogP contribution is -2.22. The number of halogens is 3. The third kappa shape index (κ3) is 4.06. The fraction of sp³-hybridized carbons (Fsp3) is 0.188. The van der Waals surface area contributed by atoms with Crippen LogP contribution in [0.4, 0.5) is 11.4 Å². The van der Waals surface area contributed by atoms with Gasteiger partial charge in [0.2, 0.25) is 5.91 Å². The third-order valence-corrected chi connectivity index (χ3v) is 4.40. The maximum atomic E-state index is 12.1. The van der Waals surface area contributed by atoms with Crippen molar-refractivity contribution >= 4 is 56.4 Å². The van der Waals surface area contributed by atoms with Crippen LogP contribution in [0.5, 0.6) is 11.5 Å². The Morgan fingerprint density at radius 2 is 1.71 bits per heavy atom. The first-order valence-electron chi connectivity index (χ1n) is 7.11. The average molecular weight is 432 g/mol. The third-order valence-electron chi connectivity index (χ3n) is 3.28. The van der Waals surface area contributed by atoms with Crippen molar-refractivity contribution in [1.82, 2.24) is 0 Å². The molecule has 0 radical (unpaired) electrons. The molecule has 0 fully saturated rings. The number of ether oxygens (including phenoxy) is 2. The van der Waals surface area contributed by atoms with E-state index in [9.17, 15) is 4.79 Å². The van der Waals surface area contributed by atoms with E-state index in [0.717, 1.165) is 4.47 Å². The first-order valence-corrected chi connectivity index (χ1v) is 8.66. The van der Waals surface area contributed by atoms with Gasteiger partial charge in [-0.1, -0.05) is 39.1 Å². The van der Waals surface area contributed by atoms with Gasteiger partial charge in [-0.15, -0.1) is 0 Å². The summed E-state index contributed by atoms with van der Waals surface area (Å²) in [5.41, 5.74) is 1.14. The van der Waals surface area contributed by atoms with Crippen molar-refractivity contribution in [2.24, 2.45) is 0 Å². The minimum absolute atomic E-state index is 0.0477. The molecule has 5 nitrogen and oxygen atoms in total. The molecule has 3 rings (SSSR count). The Kier molecular flexibility index (Phi) is 5.38. The van der Waals surface area contributed by atoms with Gasteiger partial charge < -0.3 is 20.1 Å². The van der Waals surface area contributed by atoms with E-state index in [1.165, 1.54) is 0 Å². The monoisotopic (exact) mass is 430 g/mol. The number of amides is 1. The predicted molar refractivity (Wildman–Crippen MR) is 98.7 cm³/mol. The number of anilines is 2. The minimum Gasteiger partial charge on any atom is -0.486 e. The number of hydrogen-bond acceptors (Lipinski definition) is 4. The molecular weight excluding hydrogens is 419 g/mol. The molecule has 24 heavy (non-hydrogen) atoms. The van der Waals surface area contributed by atoms with Crippen LogP contribution in [0, 0.1) is 0 Å². The normalized spacial score (nSPS) is 12.6. The van der Waals surface area contributed by atoms with E-state index in [2.05, 4.69) is 26.6 Å². The number of carbonyl (C=O) groups is 1. The SMILES string of the molecule is O=C(CNc1ccc(Br)cc1Cl)Nc1cc2c(cc1Cl)OCCO2. The summed E-state index contributed by atoms with van der Waals surface area (Å²) in [5, 5.41) is 6.62. The van der Waals surface area contributed by atoms with Crippen LogP contribution in [0.1, 0.15) is 0 Å². The lowest BCUT2D eigenvalue weighted by molar-refractivity contribution is -0.114. The van der Waals surface area contributed by atoms with E-state index in [1.807, 2.05) is 6.07 Å². The number of rotatable bonds is 4. The summed E-state index contributed by atoms with van der Waals surface area (Å²) in [4.78, 5) is 12.1. The highest BCUT2D eigenvalue weighted by Crippen LogP contribution is 2.37. The highest BCUT2D eigenvalue weighted by atomic mass is 79.9. The van der Waals surface area contributed by atoms with E-state index in [1.54, 1.807) is 24.3 Å². The molecule has 1 amide bonds. The van der Waals surface area contributed by atoms with Crippen LogP contribution in [0.15, 0.2) is 34.8 Å². The molecule has 126 valence electrons. The Bertz CT molecular complexity index is 786. The molecule has 2 N–H and O–H groups in total. The van der Waals surface area contributed by atoms with Gasteiger partial charge in [0.1, 0.15) is 13.2 Å². The van der Waals surface area contributed by atoms with Gasteiger partial charge in [0.15, 0.2) is 11.5 Å². The number of carbonyl (C=O) groups excluding carboxylic acids is 1. The van der Waals surface area contributed by atoms with Gasteiger partial charge in [-0.05, 0) is 18.2 Å². The molecule has 0 aliphatic carbocycles. The van der Waals surface area contributed by atoms with Crippen LogP contribution < -0.4 is 20.1 Å². The second kappa shape index (κ2) is 7.51. The molecule has 0 saturated heterocycles. The van der Waals surface area contributed by atoms with Crippen LogP contribution in [0.3, 0.4) is 0 Å². The Balaban J connectivity index is 1.64. The van der Waals surface area contributed by atoms with Crippen molar-refractivity contribution in [3.63, 3.8) is 0 Å². The molecule has 0 unspecified atom stereocenters. The molecular formula is C16H13BrCl2N2O3. The van der Waals surface area contributed by atoms with E-state index >= 15 is 0 Å². The van der Waals surface area contributed by atoms with Crippen molar-refractivity contribution < 1.29 is 14.3 Å². The number of benzene rings is 2. The van der Waals surface area contributed by atoms with Crippen LogP contribution >= 0.6 is 39.1 Å². The lowest BCUT2D eigenvalue weighted by Gasteiger charge is -2.20. The number of fused-ring (bicyclic) bond motifs is 1. The Labute approximate surface area is 157 Å². The summed E-state index contributed by atoms with van der Waals surface area (Å²) in [6.45, 7) is 0.991. The molecule has 0 aromatic heterocycles. The number of hydrogen-bond donors (Lipinski definition) is 2. The molecule has 2 aromatic carbocycles. The summed E-state index contributed by atoms with van der Waals surface area (Å²) in [5.74, 6) is 0.876. The first-order chi connectivity index (χ1) is 11.5. The zero-order valence-electron chi connectivity index (χ0n) is 12.4. The average Bonchev–Trinajstić information content (AvgIpc) is 2.55. The van der Waals surface area contributed by atoms with E-state index in [4.69, 9.17) is 32.7 Å². The summed E-state index contributed by atoms with van der Waals surface area (Å²) in [6, 6.07) is 8.66. The molecule has 0 saturated carbocycles. The quantitative estimate of drug-likeness (QED) is 0.743. The molecule has 0 spiro atoms. The zero-order chi connectivity index (χ0) is 17.1. The summed E-state index contributed by atoms with van der Waals surface area (Å²) < 4.78 is 11.8. The second-order valence-corrected chi connectivity index (χ2v) is 6.73.